The molecule has 0 N–H and O–H groups in total. The Morgan fingerprint density at radius 1 is 1.13 bits per heavy atom. The topological polar surface area (TPSA) is 30.8 Å². The monoisotopic (exact) mass is 309 g/mol. The quantitative estimate of drug-likeness (QED) is 0.825. The molecule has 1 aliphatic heterocycles. The van der Waals surface area contributed by atoms with Gasteiger partial charge in [0.15, 0.2) is 11.5 Å². The zero-order valence-corrected chi connectivity index (χ0v) is 14.0. The molecule has 1 heterocycles. The third kappa shape index (κ3) is 3.55. The predicted molar refractivity (Wildman–Crippen MR) is 93.7 cm³/mol. The van der Waals surface area contributed by atoms with Gasteiger partial charge in [-0.15, -0.1) is 0 Å². The first kappa shape index (κ1) is 15.6. The summed E-state index contributed by atoms with van der Waals surface area (Å²) in [6.45, 7) is 4.96. The minimum atomic E-state index is 0.345. The molecule has 3 heteroatoms. The lowest BCUT2D eigenvalue weighted by molar-refractivity contribution is 0.284. The molecule has 2 aromatic carbocycles. The van der Waals surface area contributed by atoms with Gasteiger partial charge in [0.1, 0.15) is 6.61 Å². The lowest BCUT2D eigenvalue weighted by Crippen LogP contribution is -2.21. The summed E-state index contributed by atoms with van der Waals surface area (Å²) in [4.78, 5) is 4.65. The van der Waals surface area contributed by atoms with Crippen LogP contribution in [0, 0.1) is 5.92 Å². The minimum absolute atomic E-state index is 0.345. The van der Waals surface area contributed by atoms with Crippen molar-refractivity contribution in [3.63, 3.8) is 0 Å². The molecule has 0 spiro atoms. The van der Waals surface area contributed by atoms with Crippen LogP contribution in [0.3, 0.4) is 0 Å². The molecule has 0 saturated heterocycles. The molecule has 0 fully saturated rings. The first-order valence-corrected chi connectivity index (χ1v) is 8.08. The number of aliphatic imine (C=N–C) groups is 1. The molecule has 1 atom stereocenters. The highest BCUT2D eigenvalue weighted by Gasteiger charge is 2.20. The molecule has 0 unspecified atom stereocenters. The summed E-state index contributed by atoms with van der Waals surface area (Å²) in [5, 5.41) is 0. The fourth-order valence-electron chi connectivity index (χ4n) is 2.78. The van der Waals surface area contributed by atoms with E-state index >= 15 is 0 Å². The van der Waals surface area contributed by atoms with Crippen molar-refractivity contribution in [1.29, 1.82) is 0 Å². The van der Waals surface area contributed by atoms with Crippen LogP contribution >= 0.6 is 0 Å². The number of hydrogen-bond donors (Lipinski definition) is 0. The van der Waals surface area contributed by atoms with E-state index in [9.17, 15) is 0 Å². The van der Waals surface area contributed by atoms with Gasteiger partial charge in [0.05, 0.1) is 13.2 Å². The van der Waals surface area contributed by atoms with Gasteiger partial charge < -0.3 is 9.47 Å². The van der Waals surface area contributed by atoms with E-state index in [1.165, 1.54) is 5.56 Å². The van der Waals surface area contributed by atoms with Crippen molar-refractivity contribution >= 4 is 6.21 Å². The van der Waals surface area contributed by atoms with Crippen LogP contribution in [0.15, 0.2) is 47.5 Å². The molecule has 0 aromatic heterocycles. The molecule has 1 aliphatic rings. The summed E-state index contributed by atoms with van der Waals surface area (Å²) in [6, 6.07) is 14.7. The maximum atomic E-state index is 6.01. The van der Waals surface area contributed by atoms with Crippen molar-refractivity contribution in [3.8, 4) is 11.5 Å². The lowest BCUT2D eigenvalue weighted by Gasteiger charge is -2.23. The molecule has 0 bridgehead atoms. The zero-order chi connectivity index (χ0) is 16.2. The zero-order valence-electron chi connectivity index (χ0n) is 14.0. The van der Waals surface area contributed by atoms with Gasteiger partial charge in [0.25, 0.3) is 0 Å². The molecule has 120 valence electrons. The maximum Gasteiger partial charge on any atom is 0.161 e. The van der Waals surface area contributed by atoms with E-state index in [-0.39, 0.29) is 0 Å². The van der Waals surface area contributed by atoms with Crippen LogP contribution < -0.4 is 9.47 Å². The number of benzene rings is 2. The highest BCUT2D eigenvalue weighted by molar-refractivity contribution is 5.84. The highest BCUT2D eigenvalue weighted by atomic mass is 16.5. The van der Waals surface area contributed by atoms with Crippen molar-refractivity contribution in [3.05, 3.63) is 59.2 Å². The molecule has 23 heavy (non-hydrogen) atoms. The van der Waals surface area contributed by atoms with Gasteiger partial charge in [0, 0.05) is 6.21 Å². The number of ether oxygens (including phenoxy) is 2. The fraction of sp³-hybridized carbons (Fsp3) is 0.350. The second-order valence-electron chi connectivity index (χ2n) is 6.27. The van der Waals surface area contributed by atoms with E-state index in [0.29, 0.717) is 18.6 Å². The number of nitrogens with zero attached hydrogens (tertiary/aromatic N) is 1. The highest BCUT2D eigenvalue weighted by Crippen LogP contribution is 2.33. The van der Waals surface area contributed by atoms with Crippen LogP contribution in [0.5, 0.6) is 11.5 Å². The standard InChI is InChI=1S/C20H23NO2/c1-14(2)18-9-16-10-20(19(22-3)11-17(16)12-21-18)23-13-15-7-5-4-6-8-15/h4-8,10-12,14,18H,9,13H2,1-3H3/t18-/m0/s1. The molecule has 0 aliphatic carbocycles. The van der Waals surface area contributed by atoms with Crippen LogP contribution in [-0.2, 0) is 13.0 Å². The van der Waals surface area contributed by atoms with Crippen molar-refractivity contribution in [2.75, 3.05) is 7.11 Å². The molecular formula is C20H23NO2. The van der Waals surface area contributed by atoms with Crippen LogP contribution in [0.4, 0.5) is 0 Å². The number of rotatable bonds is 5. The van der Waals surface area contributed by atoms with Crippen LogP contribution in [0.1, 0.15) is 30.5 Å². The molecule has 0 amide bonds. The van der Waals surface area contributed by atoms with Gasteiger partial charge >= 0.3 is 0 Å². The first-order chi connectivity index (χ1) is 11.2. The van der Waals surface area contributed by atoms with Crippen molar-refractivity contribution in [1.82, 2.24) is 0 Å². The Labute approximate surface area is 138 Å². The van der Waals surface area contributed by atoms with E-state index in [4.69, 9.17) is 9.47 Å². The molecule has 0 saturated carbocycles. The van der Waals surface area contributed by atoms with Gasteiger partial charge in [-0.2, -0.15) is 0 Å². The summed E-state index contributed by atoms with van der Waals surface area (Å²) < 4.78 is 11.5. The molecular weight excluding hydrogens is 286 g/mol. The Morgan fingerprint density at radius 2 is 1.91 bits per heavy atom. The second kappa shape index (κ2) is 6.86. The van der Waals surface area contributed by atoms with E-state index < -0.39 is 0 Å². The number of fused-ring (bicyclic) bond motifs is 1. The summed E-state index contributed by atoms with van der Waals surface area (Å²) >= 11 is 0. The average molecular weight is 309 g/mol. The Bertz CT molecular complexity index is 692. The normalized spacial score (nSPS) is 16.3. The van der Waals surface area contributed by atoms with E-state index in [1.807, 2.05) is 30.5 Å². The molecule has 0 radical (unpaired) electrons. The Morgan fingerprint density at radius 3 is 2.61 bits per heavy atom. The van der Waals surface area contributed by atoms with Gasteiger partial charge in [-0.1, -0.05) is 44.2 Å². The first-order valence-electron chi connectivity index (χ1n) is 8.08. The van der Waals surface area contributed by atoms with E-state index in [2.05, 4.69) is 37.0 Å². The fourth-order valence-corrected chi connectivity index (χ4v) is 2.78. The average Bonchev–Trinajstić information content (AvgIpc) is 2.59. The van der Waals surface area contributed by atoms with Crippen molar-refractivity contribution < 1.29 is 9.47 Å². The van der Waals surface area contributed by atoms with Crippen LogP contribution in [0.25, 0.3) is 0 Å². The SMILES string of the molecule is COc1cc2c(cc1OCc1ccccc1)C[C@@H](C(C)C)N=C2. The smallest absolute Gasteiger partial charge is 0.161 e. The third-order valence-corrected chi connectivity index (χ3v) is 4.27. The van der Waals surface area contributed by atoms with Gasteiger partial charge in [-0.05, 0) is 41.2 Å². The summed E-state index contributed by atoms with van der Waals surface area (Å²) in [5.74, 6) is 2.09. The largest absolute Gasteiger partial charge is 0.493 e. The summed E-state index contributed by atoms with van der Waals surface area (Å²) in [7, 11) is 1.67. The third-order valence-electron chi connectivity index (χ3n) is 4.27. The van der Waals surface area contributed by atoms with E-state index in [0.717, 1.165) is 29.0 Å². The van der Waals surface area contributed by atoms with Crippen molar-refractivity contribution in [2.24, 2.45) is 10.9 Å². The van der Waals surface area contributed by atoms with Gasteiger partial charge in [0.2, 0.25) is 0 Å². The summed E-state index contributed by atoms with van der Waals surface area (Å²) in [6.07, 6.45) is 2.92. The van der Waals surface area contributed by atoms with E-state index in [1.54, 1.807) is 7.11 Å². The van der Waals surface area contributed by atoms with Gasteiger partial charge in [-0.25, -0.2) is 0 Å². The Kier molecular flexibility index (Phi) is 4.65. The van der Waals surface area contributed by atoms with Gasteiger partial charge in [-0.3, -0.25) is 4.99 Å². The second-order valence-corrected chi connectivity index (χ2v) is 6.27. The van der Waals surface area contributed by atoms with Crippen molar-refractivity contribution in [2.45, 2.75) is 32.9 Å². The predicted octanol–water partition coefficient (Wildman–Crippen LogP) is 4.27. The number of hydrogen-bond acceptors (Lipinski definition) is 3. The Hall–Kier alpha value is -2.29. The summed E-state index contributed by atoms with van der Waals surface area (Å²) in [5.41, 5.74) is 3.56. The molecule has 2 aromatic rings. The maximum absolute atomic E-state index is 6.01. The number of methoxy groups -OCH3 is 1. The van der Waals surface area contributed by atoms with Crippen LogP contribution in [0.2, 0.25) is 0 Å². The molecule has 3 nitrogen and oxygen atoms in total. The minimum Gasteiger partial charge on any atom is -0.493 e. The van der Waals surface area contributed by atoms with Crippen LogP contribution in [-0.4, -0.2) is 19.4 Å². The Balaban J connectivity index is 1.83. The molecule has 3 rings (SSSR count). The lowest BCUT2D eigenvalue weighted by atomic mass is 9.91.